The first-order valence-electron chi connectivity index (χ1n) is 5.15. The maximum absolute atomic E-state index is 11.0. The van der Waals surface area contributed by atoms with Gasteiger partial charge < -0.3 is 9.84 Å². The van der Waals surface area contributed by atoms with E-state index in [9.17, 15) is 9.90 Å². The van der Waals surface area contributed by atoms with Crippen molar-refractivity contribution in [1.82, 2.24) is 0 Å². The molecule has 0 amide bonds. The summed E-state index contributed by atoms with van der Waals surface area (Å²) in [5.74, 6) is -0.427. The highest BCUT2D eigenvalue weighted by Crippen LogP contribution is 2.13. The summed E-state index contributed by atoms with van der Waals surface area (Å²) in [6.07, 6.45) is 3.45. The highest BCUT2D eigenvalue weighted by Gasteiger charge is 2.16. The van der Waals surface area contributed by atoms with Gasteiger partial charge >= 0.3 is 5.97 Å². The molecule has 0 aromatic carbocycles. The molecule has 1 aliphatic heterocycles. The molecule has 0 aliphatic carbocycles. The van der Waals surface area contributed by atoms with Gasteiger partial charge in [0.2, 0.25) is 0 Å². The molecular formula is C11H16O5. The van der Waals surface area contributed by atoms with Gasteiger partial charge in [0.25, 0.3) is 0 Å². The number of rotatable bonds is 4. The molecule has 0 fully saturated rings. The molecule has 5 nitrogen and oxygen atoms in total. The highest BCUT2D eigenvalue weighted by atomic mass is 17.2. The van der Waals surface area contributed by atoms with Crippen LogP contribution in [-0.2, 0) is 19.3 Å². The van der Waals surface area contributed by atoms with Gasteiger partial charge in [-0.25, -0.2) is 14.6 Å². The lowest BCUT2D eigenvalue weighted by Crippen LogP contribution is -2.22. The predicted octanol–water partition coefficient (Wildman–Crippen LogP) is 0.743. The minimum absolute atomic E-state index is 0.238. The average molecular weight is 228 g/mol. The third-order valence-electron chi connectivity index (χ3n) is 2.03. The summed E-state index contributed by atoms with van der Waals surface area (Å²) < 4.78 is 4.72. The lowest BCUT2D eigenvalue weighted by atomic mass is 10.1. The van der Waals surface area contributed by atoms with Gasteiger partial charge in [0.05, 0.1) is 12.7 Å². The Morgan fingerprint density at radius 3 is 3.19 bits per heavy atom. The summed E-state index contributed by atoms with van der Waals surface area (Å²) in [5, 5.41) is 9.34. The Hall–Kier alpha value is -1.17. The molecular weight excluding hydrogens is 212 g/mol. The molecule has 1 aliphatic rings. The fourth-order valence-corrected chi connectivity index (χ4v) is 1.18. The van der Waals surface area contributed by atoms with Crippen LogP contribution in [0.3, 0.4) is 0 Å². The monoisotopic (exact) mass is 228 g/mol. The Morgan fingerprint density at radius 2 is 2.56 bits per heavy atom. The molecule has 0 saturated carbocycles. The Kier molecular flexibility index (Phi) is 5.18. The number of ether oxygens (including phenoxy) is 1. The molecule has 0 aromatic heterocycles. The van der Waals surface area contributed by atoms with Crippen LogP contribution in [-0.4, -0.2) is 36.5 Å². The summed E-state index contributed by atoms with van der Waals surface area (Å²) in [6.45, 7) is 3.95. The summed E-state index contributed by atoms with van der Waals surface area (Å²) in [5.41, 5.74) is 0.727. The largest absolute Gasteiger partial charge is 0.463 e. The van der Waals surface area contributed by atoms with Gasteiger partial charge in [0, 0.05) is 6.08 Å². The van der Waals surface area contributed by atoms with Crippen molar-refractivity contribution in [1.29, 1.82) is 0 Å². The molecule has 1 N–H and O–H groups in total. The SMILES string of the molecule is CCOC(=O)/C=C/C1C=C(C(C)O)COO1. The third-order valence-corrected chi connectivity index (χ3v) is 2.03. The van der Waals surface area contributed by atoms with Crippen LogP contribution in [0.4, 0.5) is 0 Å². The molecule has 2 atom stereocenters. The molecule has 1 rings (SSSR count). The first kappa shape index (κ1) is 12.9. The van der Waals surface area contributed by atoms with Crippen molar-refractivity contribution in [2.45, 2.75) is 26.1 Å². The first-order chi connectivity index (χ1) is 7.63. The zero-order valence-corrected chi connectivity index (χ0v) is 9.38. The Bertz CT molecular complexity index is 293. The van der Waals surface area contributed by atoms with Gasteiger partial charge in [-0.2, -0.15) is 0 Å². The number of carbonyl (C=O) groups is 1. The molecule has 2 unspecified atom stereocenters. The van der Waals surface area contributed by atoms with Gasteiger partial charge in [-0.15, -0.1) is 0 Å². The van der Waals surface area contributed by atoms with E-state index in [-0.39, 0.29) is 6.61 Å². The minimum atomic E-state index is -0.581. The number of aliphatic hydroxyl groups is 1. The van der Waals surface area contributed by atoms with Crippen molar-refractivity contribution < 1.29 is 24.4 Å². The van der Waals surface area contributed by atoms with Crippen molar-refractivity contribution in [2.24, 2.45) is 0 Å². The van der Waals surface area contributed by atoms with Crippen molar-refractivity contribution >= 4 is 5.97 Å². The lowest BCUT2D eigenvalue weighted by molar-refractivity contribution is -0.306. The van der Waals surface area contributed by atoms with Gasteiger partial charge in [0.1, 0.15) is 12.7 Å². The lowest BCUT2D eigenvalue weighted by Gasteiger charge is -2.19. The predicted molar refractivity (Wildman–Crippen MR) is 56.4 cm³/mol. The second-order valence-electron chi connectivity index (χ2n) is 3.35. The normalized spacial score (nSPS) is 22.9. The van der Waals surface area contributed by atoms with Crippen LogP contribution in [0.2, 0.25) is 0 Å². The third kappa shape index (κ3) is 4.14. The van der Waals surface area contributed by atoms with Crippen LogP contribution in [0, 0.1) is 0 Å². The van der Waals surface area contributed by atoms with Crippen LogP contribution in [0.15, 0.2) is 23.8 Å². The Labute approximate surface area is 94.2 Å². The van der Waals surface area contributed by atoms with E-state index in [0.29, 0.717) is 6.61 Å². The molecule has 0 aromatic rings. The van der Waals surface area contributed by atoms with E-state index in [0.717, 1.165) is 5.57 Å². The van der Waals surface area contributed by atoms with E-state index in [2.05, 4.69) is 0 Å². The Morgan fingerprint density at radius 1 is 1.81 bits per heavy atom. The van der Waals surface area contributed by atoms with Crippen LogP contribution < -0.4 is 0 Å². The van der Waals surface area contributed by atoms with Crippen molar-refractivity contribution in [3.63, 3.8) is 0 Å². The van der Waals surface area contributed by atoms with Crippen molar-refractivity contribution in [2.75, 3.05) is 13.2 Å². The van der Waals surface area contributed by atoms with E-state index < -0.39 is 18.2 Å². The van der Waals surface area contributed by atoms with E-state index in [1.54, 1.807) is 19.9 Å². The molecule has 5 heteroatoms. The molecule has 16 heavy (non-hydrogen) atoms. The van der Waals surface area contributed by atoms with Gasteiger partial charge in [0.15, 0.2) is 0 Å². The van der Waals surface area contributed by atoms with E-state index in [4.69, 9.17) is 14.5 Å². The second kappa shape index (κ2) is 6.42. The summed E-state index contributed by atoms with van der Waals surface area (Å²) in [6, 6.07) is 0. The van der Waals surface area contributed by atoms with Crippen LogP contribution in [0.25, 0.3) is 0 Å². The maximum atomic E-state index is 11.0. The average Bonchev–Trinajstić information content (AvgIpc) is 2.27. The summed E-state index contributed by atoms with van der Waals surface area (Å²) in [7, 11) is 0. The second-order valence-corrected chi connectivity index (χ2v) is 3.35. The van der Waals surface area contributed by atoms with Crippen LogP contribution in [0.5, 0.6) is 0 Å². The smallest absolute Gasteiger partial charge is 0.330 e. The maximum Gasteiger partial charge on any atom is 0.330 e. The molecule has 0 radical (unpaired) electrons. The fourth-order valence-electron chi connectivity index (χ4n) is 1.18. The number of hydrogen-bond donors (Lipinski definition) is 1. The fraction of sp³-hybridized carbons (Fsp3) is 0.545. The van der Waals surface area contributed by atoms with Crippen LogP contribution in [0.1, 0.15) is 13.8 Å². The van der Waals surface area contributed by atoms with Crippen LogP contribution >= 0.6 is 0 Å². The quantitative estimate of drug-likeness (QED) is 0.333. The molecule has 1 heterocycles. The van der Waals surface area contributed by atoms with E-state index in [1.165, 1.54) is 12.2 Å². The topological polar surface area (TPSA) is 65.0 Å². The molecule has 90 valence electrons. The van der Waals surface area contributed by atoms with Gasteiger partial charge in [-0.05, 0) is 31.6 Å². The van der Waals surface area contributed by atoms with Gasteiger partial charge in [-0.1, -0.05) is 0 Å². The zero-order valence-electron chi connectivity index (χ0n) is 9.38. The van der Waals surface area contributed by atoms with Crippen molar-refractivity contribution in [3.8, 4) is 0 Å². The number of esters is 1. The highest BCUT2D eigenvalue weighted by molar-refractivity contribution is 5.82. The van der Waals surface area contributed by atoms with Crippen molar-refractivity contribution in [3.05, 3.63) is 23.8 Å². The number of aliphatic hydroxyl groups excluding tert-OH is 1. The number of carbonyl (C=O) groups excluding carboxylic acids is 1. The number of hydrogen-bond acceptors (Lipinski definition) is 5. The van der Waals surface area contributed by atoms with E-state index in [1.807, 2.05) is 0 Å². The summed E-state index contributed by atoms with van der Waals surface area (Å²) in [4.78, 5) is 20.7. The summed E-state index contributed by atoms with van der Waals surface area (Å²) >= 11 is 0. The first-order valence-corrected chi connectivity index (χ1v) is 5.15. The van der Waals surface area contributed by atoms with Gasteiger partial charge in [-0.3, -0.25) is 0 Å². The Balaban J connectivity index is 2.54. The molecule has 0 spiro atoms. The standard InChI is InChI=1S/C11H16O5/c1-3-14-11(13)5-4-10-6-9(8(2)12)7-15-16-10/h4-6,8,10,12H,3,7H2,1-2H3/b5-4+. The molecule has 0 bridgehead atoms. The zero-order chi connectivity index (χ0) is 12.0. The molecule has 0 saturated heterocycles. The van der Waals surface area contributed by atoms with E-state index >= 15 is 0 Å². The minimum Gasteiger partial charge on any atom is -0.463 e.